The molecular weight excluding hydrogens is 306 g/mol. The van der Waals surface area contributed by atoms with Crippen molar-refractivity contribution in [2.75, 3.05) is 6.61 Å². The highest BCUT2D eigenvalue weighted by Gasteiger charge is 2.32. The zero-order valence-corrected chi connectivity index (χ0v) is 11.9. The molecule has 2 atom stereocenters. The van der Waals surface area contributed by atoms with Crippen molar-refractivity contribution in [3.05, 3.63) is 72.5 Å². The number of aromatic amines is 2. The lowest BCUT2D eigenvalue weighted by atomic mass is 10.1. The van der Waals surface area contributed by atoms with Gasteiger partial charge in [-0.1, -0.05) is 12.1 Å². The minimum absolute atomic E-state index is 0.0383. The van der Waals surface area contributed by atoms with E-state index in [1.807, 2.05) is 0 Å². The van der Waals surface area contributed by atoms with E-state index in [1.165, 1.54) is 12.3 Å². The molecule has 0 aliphatic carbocycles. The van der Waals surface area contributed by atoms with Gasteiger partial charge in [-0.15, -0.1) is 0 Å². The van der Waals surface area contributed by atoms with Crippen LogP contribution < -0.4 is 11.2 Å². The number of hydrogen-bond acceptors (Lipinski definition) is 6. The normalized spacial score (nSPS) is 20.5. The number of benzene rings is 1. The molecule has 2 N–H and O–H groups in total. The number of nitrogens with zero attached hydrogens (tertiary/aromatic N) is 1. The van der Waals surface area contributed by atoms with E-state index < -0.39 is 28.6 Å². The maximum atomic E-state index is 11.6. The second-order valence-corrected chi connectivity index (χ2v) is 5.00. The molecule has 1 aromatic heterocycles. The number of rotatable bonds is 4. The van der Waals surface area contributed by atoms with Crippen LogP contribution in [0.25, 0.3) is 0 Å². The van der Waals surface area contributed by atoms with E-state index in [1.54, 1.807) is 18.2 Å². The summed E-state index contributed by atoms with van der Waals surface area (Å²) < 4.78 is 11.1. The number of para-hydroxylation sites is 1. The van der Waals surface area contributed by atoms with Crippen LogP contribution in [-0.4, -0.2) is 27.8 Å². The predicted octanol–water partition coefficient (Wildman–Crippen LogP) is 0.628. The summed E-state index contributed by atoms with van der Waals surface area (Å²) in [5.41, 5.74) is -0.420. The number of nitrogens with one attached hydrogen (secondary N) is 2. The quantitative estimate of drug-likeness (QED) is 0.628. The van der Waals surface area contributed by atoms with Gasteiger partial charge in [-0.25, -0.2) is 4.79 Å². The molecule has 0 spiro atoms. The van der Waals surface area contributed by atoms with Crippen molar-refractivity contribution in [1.82, 2.24) is 9.97 Å². The van der Waals surface area contributed by atoms with Gasteiger partial charge in [-0.3, -0.25) is 19.9 Å². The van der Waals surface area contributed by atoms with E-state index in [-0.39, 0.29) is 18.7 Å². The maximum absolute atomic E-state index is 11.6. The van der Waals surface area contributed by atoms with Crippen LogP contribution >= 0.6 is 0 Å². The van der Waals surface area contributed by atoms with Gasteiger partial charge in [0.1, 0.15) is 6.10 Å². The van der Waals surface area contributed by atoms with Gasteiger partial charge >= 0.3 is 5.69 Å². The molecule has 2 unspecified atom stereocenters. The number of nitro benzene ring substituents is 1. The van der Waals surface area contributed by atoms with E-state index in [9.17, 15) is 19.7 Å². The molecular formula is C14H13N3O6. The Balaban J connectivity index is 1.75. The van der Waals surface area contributed by atoms with E-state index in [2.05, 4.69) is 9.97 Å². The summed E-state index contributed by atoms with van der Waals surface area (Å²) in [5, 5.41) is 11.1. The van der Waals surface area contributed by atoms with Gasteiger partial charge in [0.2, 0.25) is 0 Å². The minimum atomic E-state index is -0.716. The van der Waals surface area contributed by atoms with Gasteiger partial charge in [0.25, 0.3) is 11.2 Å². The molecule has 1 saturated heterocycles. The molecule has 9 heteroatoms. The van der Waals surface area contributed by atoms with Crippen LogP contribution in [0.1, 0.15) is 17.2 Å². The van der Waals surface area contributed by atoms with Crippen LogP contribution in [0.4, 0.5) is 5.69 Å². The molecule has 120 valence electrons. The zero-order chi connectivity index (χ0) is 16.4. The summed E-state index contributed by atoms with van der Waals surface area (Å²) in [5.74, 6) is 0. The highest BCUT2D eigenvalue weighted by Crippen LogP contribution is 2.33. The van der Waals surface area contributed by atoms with Gasteiger partial charge in [0, 0.05) is 24.2 Å². The molecule has 3 rings (SSSR count). The first-order valence-corrected chi connectivity index (χ1v) is 6.86. The second kappa shape index (κ2) is 6.15. The lowest BCUT2D eigenvalue weighted by Crippen LogP contribution is -2.27. The average Bonchev–Trinajstić information content (AvgIpc) is 2.98. The summed E-state index contributed by atoms with van der Waals surface area (Å²) in [6.45, 7) is 0.150. The number of hydrogen-bond donors (Lipinski definition) is 2. The third-order valence-electron chi connectivity index (χ3n) is 3.51. The number of ether oxygens (including phenoxy) is 2. The first-order chi connectivity index (χ1) is 11.0. The highest BCUT2D eigenvalue weighted by molar-refractivity contribution is 5.41. The van der Waals surface area contributed by atoms with E-state index in [0.717, 1.165) is 0 Å². The van der Waals surface area contributed by atoms with Crippen molar-refractivity contribution in [3.8, 4) is 0 Å². The number of aromatic nitrogens is 2. The van der Waals surface area contributed by atoms with Crippen molar-refractivity contribution in [3.63, 3.8) is 0 Å². The van der Waals surface area contributed by atoms with Crippen molar-refractivity contribution in [1.29, 1.82) is 0 Å². The molecule has 1 aliphatic heterocycles. The molecule has 23 heavy (non-hydrogen) atoms. The third kappa shape index (κ3) is 3.20. The largest absolute Gasteiger partial charge is 0.349 e. The van der Waals surface area contributed by atoms with Gasteiger partial charge in [0.05, 0.1) is 17.1 Å². The number of H-pyrrole nitrogens is 2. The van der Waals surface area contributed by atoms with Crippen LogP contribution in [0.5, 0.6) is 0 Å². The van der Waals surface area contributed by atoms with E-state index >= 15 is 0 Å². The first-order valence-electron chi connectivity index (χ1n) is 6.86. The highest BCUT2D eigenvalue weighted by atomic mass is 16.7. The Kier molecular flexibility index (Phi) is 4.04. The van der Waals surface area contributed by atoms with Gasteiger partial charge in [-0.05, 0) is 6.07 Å². The van der Waals surface area contributed by atoms with Gasteiger partial charge < -0.3 is 14.5 Å². The Morgan fingerprint density at radius 3 is 2.83 bits per heavy atom. The Morgan fingerprint density at radius 1 is 1.30 bits per heavy atom. The molecule has 2 heterocycles. The SMILES string of the molecule is O=c1[nH]cc(CC2OCC(c3ccccc3[N+](=O)[O-])O2)c(=O)[nH]1. The predicted molar refractivity (Wildman–Crippen MR) is 78.0 cm³/mol. The van der Waals surface area contributed by atoms with Gasteiger partial charge in [0.15, 0.2) is 6.29 Å². The summed E-state index contributed by atoms with van der Waals surface area (Å²) >= 11 is 0. The first kappa shape index (κ1) is 15.1. The van der Waals surface area contributed by atoms with Crippen molar-refractivity contribution >= 4 is 5.69 Å². The Hall–Kier alpha value is -2.78. The molecule has 0 radical (unpaired) electrons. The fourth-order valence-corrected chi connectivity index (χ4v) is 2.42. The molecule has 0 bridgehead atoms. The number of nitro groups is 1. The summed E-state index contributed by atoms with van der Waals surface area (Å²) in [4.78, 5) is 37.7. The summed E-state index contributed by atoms with van der Waals surface area (Å²) in [7, 11) is 0. The molecule has 0 saturated carbocycles. The Labute approximate surface area is 129 Å². The Morgan fingerprint density at radius 2 is 2.09 bits per heavy atom. The topological polar surface area (TPSA) is 127 Å². The van der Waals surface area contributed by atoms with Crippen molar-refractivity contribution in [2.24, 2.45) is 0 Å². The van der Waals surface area contributed by atoms with Crippen LogP contribution in [0.3, 0.4) is 0 Å². The van der Waals surface area contributed by atoms with Crippen LogP contribution in [0.15, 0.2) is 40.1 Å². The third-order valence-corrected chi connectivity index (χ3v) is 3.51. The van der Waals surface area contributed by atoms with Crippen molar-refractivity contribution < 1.29 is 14.4 Å². The molecule has 1 fully saturated rings. The monoisotopic (exact) mass is 319 g/mol. The van der Waals surface area contributed by atoms with E-state index in [4.69, 9.17) is 9.47 Å². The lowest BCUT2D eigenvalue weighted by molar-refractivity contribution is -0.386. The summed E-state index contributed by atoms with van der Waals surface area (Å²) in [6, 6.07) is 6.28. The second-order valence-electron chi connectivity index (χ2n) is 5.00. The van der Waals surface area contributed by atoms with Gasteiger partial charge in [-0.2, -0.15) is 0 Å². The van der Waals surface area contributed by atoms with E-state index in [0.29, 0.717) is 11.1 Å². The van der Waals surface area contributed by atoms with Crippen LogP contribution in [0.2, 0.25) is 0 Å². The molecule has 9 nitrogen and oxygen atoms in total. The molecule has 2 aromatic rings. The molecule has 1 aliphatic rings. The molecule has 0 amide bonds. The fraction of sp³-hybridized carbons (Fsp3) is 0.286. The van der Waals surface area contributed by atoms with Crippen molar-refractivity contribution in [2.45, 2.75) is 18.8 Å². The standard InChI is InChI=1S/C14H13N3O6/c18-13-8(6-15-14(19)16-13)5-12-22-7-11(23-12)9-3-1-2-4-10(9)17(20)21/h1-4,6,11-12H,5,7H2,(H2,15,16,18,19). The maximum Gasteiger partial charge on any atom is 0.325 e. The van der Waals surface area contributed by atoms with Crippen LogP contribution in [0, 0.1) is 10.1 Å². The Bertz CT molecular complexity index is 843. The van der Waals surface area contributed by atoms with Crippen LogP contribution in [-0.2, 0) is 15.9 Å². The minimum Gasteiger partial charge on any atom is -0.349 e. The zero-order valence-electron chi connectivity index (χ0n) is 11.9. The smallest absolute Gasteiger partial charge is 0.325 e. The molecule has 1 aromatic carbocycles. The fourth-order valence-electron chi connectivity index (χ4n) is 2.42. The average molecular weight is 319 g/mol. The lowest BCUT2D eigenvalue weighted by Gasteiger charge is -2.11. The summed E-state index contributed by atoms with van der Waals surface area (Å²) in [6.07, 6.45) is 0.130.